The number of nitrogens with two attached hydrogens (primary N) is 1. The molecule has 15 heteroatoms. The lowest BCUT2D eigenvalue weighted by molar-refractivity contribution is 0.0531. The standard InChI is InChI=1S/C19H25BrFN3O3.C14H17BrFN3O.CH4.ClH/c1-19(2,3)27-18(26)22-9-12(8-21)10-23-11-15-14(16(23)20)6-7-24(17(15)25)13-4-5-13;15-13-11-3-4-19(10-1-2-10)14(20)12(11)8-18(13)7-9(5-16)6-17;;/h8,11,13H,4-7,9-10H2,1-3H3,(H,22,26);5,8,10H,1-4,6-7,17H2;1H4;1H/b12-8+;9-5+;;. The highest BCUT2D eigenvalue weighted by molar-refractivity contribution is 9.10. The summed E-state index contributed by atoms with van der Waals surface area (Å²) in [6.45, 7) is 7.61. The van der Waals surface area contributed by atoms with E-state index in [1.54, 1.807) is 31.5 Å². The van der Waals surface area contributed by atoms with Gasteiger partial charge in [0, 0.05) is 63.7 Å². The zero-order valence-electron chi connectivity index (χ0n) is 27.4. The number of carbonyl (C=O) groups excluding carboxylic acids is 3. The Hall–Kier alpha value is -2.68. The smallest absolute Gasteiger partial charge is 0.407 e. The van der Waals surface area contributed by atoms with Crippen LogP contribution in [0.1, 0.15) is 85.7 Å². The lowest BCUT2D eigenvalue weighted by atomic mass is 10.0. The van der Waals surface area contributed by atoms with E-state index in [1.807, 2.05) is 20.6 Å². The van der Waals surface area contributed by atoms with Gasteiger partial charge in [0.1, 0.15) is 5.60 Å². The number of nitrogens with one attached hydrogen (secondary N) is 1. The molecular formula is C34H47Br2ClF2N6O4. The Bertz CT molecular complexity index is 1590. The molecule has 0 aromatic carbocycles. The molecule has 3 N–H and O–H groups in total. The van der Waals surface area contributed by atoms with E-state index in [2.05, 4.69) is 37.2 Å². The van der Waals surface area contributed by atoms with Gasteiger partial charge in [-0.1, -0.05) is 7.43 Å². The lowest BCUT2D eigenvalue weighted by Gasteiger charge is -2.26. The quantitative estimate of drug-likeness (QED) is 0.281. The van der Waals surface area contributed by atoms with E-state index in [-0.39, 0.29) is 51.3 Å². The fraction of sp³-hybridized carbons (Fsp3) is 0.559. The summed E-state index contributed by atoms with van der Waals surface area (Å²) in [5.41, 5.74) is 9.17. The maximum absolute atomic E-state index is 13.3. The minimum atomic E-state index is -0.611. The number of halogens is 5. The molecule has 2 saturated carbocycles. The lowest BCUT2D eigenvalue weighted by Crippen LogP contribution is -2.38. The zero-order chi connectivity index (χ0) is 34.0. The third-order valence-electron chi connectivity index (χ3n) is 8.56. The van der Waals surface area contributed by atoms with Crippen LogP contribution in [0.25, 0.3) is 0 Å². The average molecular weight is 837 g/mol. The number of rotatable bonds is 9. The number of hydrogen-bond donors (Lipinski definition) is 2. The zero-order valence-corrected chi connectivity index (χ0v) is 31.4. The number of alkyl carbamates (subject to hydrolysis) is 1. The fourth-order valence-corrected chi connectivity index (χ4v) is 7.16. The molecule has 6 rings (SSSR count). The van der Waals surface area contributed by atoms with Crippen molar-refractivity contribution in [2.24, 2.45) is 5.73 Å². The molecule has 0 atom stereocenters. The van der Waals surface area contributed by atoms with Crippen molar-refractivity contribution >= 4 is 62.2 Å². The number of fused-ring (bicyclic) bond motifs is 2. The summed E-state index contributed by atoms with van der Waals surface area (Å²) in [6.07, 6.45) is 10.0. The van der Waals surface area contributed by atoms with Crippen LogP contribution >= 0.6 is 44.3 Å². The molecule has 0 bridgehead atoms. The Kier molecular flexibility index (Phi) is 14.2. The van der Waals surface area contributed by atoms with Crippen LogP contribution in [0.3, 0.4) is 0 Å². The fourth-order valence-electron chi connectivity index (χ4n) is 5.88. The Balaban J connectivity index is 0.000000265. The Morgan fingerprint density at radius 3 is 1.69 bits per heavy atom. The van der Waals surface area contributed by atoms with E-state index in [0.29, 0.717) is 48.0 Å². The molecule has 49 heavy (non-hydrogen) atoms. The Morgan fingerprint density at radius 2 is 1.33 bits per heavy atom. The minimum Gasteiger partial charge on any atom is -0.444 e. The molecule has 2 aliphatic heterocycles. The Labute approximate surface area is 310 Å². The average Bonchev–Trinajstić information content (AvgIpc) is 3.96. The van der Waals surface area contributed by atoms with Crippen molar-refractivity contribution in [2.75, 3.05) is 26.2 Å². The van der Waals surface area contributed by atoms with Gasteiger partial charge in [-0.15, -0.1) is 12.4 Å². The summed E-state index contributed by atoms with van der Waals surface area (Å²) in [4.78, 5) is 40.8. The summed E-state index contributed by atoms with van der Waals surface area (Å²) in [6, 6.07) is 0.815. The highest BCUT2D eigenvalue weighted by Gasteiger charge is 2.39. The van der Waals surface area contributed by atoms with Crippen molar-refractivity contribution in [3.8, 4) is 0 Å². The van der Waals surface area contributed by atoms with Gasteiger partial charge in [0.15, 0.2) is 0 Å². The second-order valence-electron chi connectivity index (χ2n) is 13.4. The van der Waals surface area contributed by atoms with Gasteiger partial charge >= 0.3 is 6.09 Å². The van der Waals surface area contributed by atoms with Crippen LogP contribution < -0.4 is 11.1 Å². The van der Waals surface area contributed by atoms with Crippen molar-refractivity contribution in [1.29, 1.82) is 0 Å². The molecule has 4 aliphatic rings. The largest absolute Gasteiger partial charge is 0.444 e. The van der Waals surface area contributed by atoms with Gasteiger partial charge in [0.2, 0.25) is 0 Å². The SMILES string of the molecule is C.CC(C)(C)OC(=O)NC/C(=C\F)Cn1cc2c(c1Br)CCN(C1CC1)C2=O.Cl.NC/C(=C\F)Cn1cc2c(c1Br)CCN(C1CC1)C2=O. The second kappa shape index (κ2) is 17.0. The number of hydrogen-bond acceptors (Lipinski definition) is 5. The Morgan fingerprint density at radius 1 is 0.898 bits per heavy atom. The first-order chi connectivity index (χ1) is 22.3. The van der Waals surface area contributed by atoms with E-state index < -0.39 is 11.7 Å². The highest BCUT2D eigenvalue weighted by Crippen LogP contribution is 2.36. The number of ether oxygens (including phenoxy) is 1. The van der Waals surface area contributed by atoms with Crippen molar-refractivity contribution < 1.29 is 27.9 Å². The number of amides is 3. The molecule has 2 aromatic rings. The molecule has 2 aliphatic carbocycles. The summed E-state index contributed by atoms with van der Waals surface area (Å²) in [7, 11) is 0. The van der Waals surface area contributed by atoms with E-state index in [0.717, 1.165) is 77.5 Å². The first kappa shape index (κ1) is 40.7. The molecule has 2 fully saturated rings. The molecule has 0 saturated heterocycles. The van der Waals surface area contributed by atoms with E-state index in [9.17, 15) is 23.2 Å². The molecule has 0 radical (unpaired) electrons. The number of carbonyl (C=O) groups is 3. The molecule has 0 spiro atoms. The first-order valence-electron chi connectivity index (χ1n) is 15.9. The summed E-state index contributed by atoms with van der Waals surface area (Å²) in [5, 5.41) is 2.56. The number of nitrogens with zero attached hydrogens (tertiary/aromatic N) is 4. The molecular weight excluding hydrogens is 790 g/mol. The second-order valence-corrected chi connectivity index (χ2v) is 14.9. The maximum Gasteiger partial charge on any atom is 0.407 e. The maximum atomic E-state index is 13.3. The topological polar surface area (TPSA) is 115 Å². The molecule has 272 valence electrons. The van der Waals surface area contributed by atoms with E-state index in [1.165, 1.54) is 0 Å². The van der Waals surface area contributed by atoms with Crippen molar-refractivity contribution in [3.63, 3.8) is 0 Å². The minimum absolute atomic E-state index is 0. The van der Waals surface area contributed by atoms with Gasteiger partial charge in [-0.05, 0) is 113 Å². The van der Waals surface area contributed by atoms with Crippen LogP contribution in [0, 0.1) is 0 Å². The molecule has 2 aromatic heterocycles. The van der Waals surface area contributed by atoms with Gasteiger partial charge in [0.05, 0.1) is 33.0 Å². The van der Waals surface area contributed by atoms with Crippen molar-refractivity contribution in [3.05, 3.63) is 67.7 Å². The van der Waals surface area contributed by atoms with Crippen LogP contribution in [0.2, 0.25) is 0 Å². The van der Waals surface area contributed by atoms with Crippen LogP contribution in [-0.4, -0.2) is 80.7 Å². The van der Waals surface area contributed by atoms with Gasteiger partial charge in [-0.25, -0.2) is 13.6 Å². The van der Waals surface area contributed by atoms with Crippen molar-refractivity contribution in [2.45, 2.75) is 97.5 Å². The van der Waals surface area contributed by atoms with Crippen LogP contribution in [0.15, 0.2) is 45.4 Å². The van der Waals surface area contributed by atoms with Gasteiger partial charge in [-0.2, -0.15) is 0 Å². The summed E-state index contributed by atoms with van der Waals surface area (Å²) < 4.78 is 36.5. The first-order valence-corrected chi connectivity index (χ1v) is 17.5. The normalized spacial score (nSPS) is 17.7. The van der Waals surface area contributed by atoms with Gasteiger partial charge in [0.25, 0.3) is 11.8 Å². The van der Waals surface area contributed by atoms with Crippen LogP contribution in [0.5, 0.6) is 0 Å². The van der Waals surface area contributed by atoms with Crippen LogP contribution in [-0.2, 0) is 30.7 Å². The predicted octanol–water partition coefficient (Wildman–Crippen LogP) is 7.07. The molecule has 3 amide bonds. The van der Waals surface area contributed by atoms with E-state index >= 15 is 0 Å². The summed E-state index contributed by atoms with van der Waals surface area (Å²) >= 11 is 7.07. The third kappa shape index (κ3) is 9.77. The number of aromatic nitrogens is 2. The van der Waals surface area contributed by atoms with Crippen molar-refractivity contribution in [1.82, 2.24) is 24.3 Å². The monoisotopic (exact) mass is 834 g/mol. The molecule has 4 heterocycles. The molecule has 0 unspecified atom stereocenters. The molecule has 10 nitrogen and oxygen atoms in total. The van der Waals surface area contributed by atoms with Crippen LogP contribution in [0.4, 0.5) is 13.6 Å². The summed E-state index contributed by atoms with van der Waals surface area (Å²) in [5.74, 6) is 0.155. The third-order valence-corrected chi connectivity index (χ3v) is 10.4. The van der Waals surface area contributed by atoms with Gasteiger partial charge < -0.3 is 34.7 Å². The predicted molar refractivity (Wildman–Crippen MR) is 195 cm³/mol. The highest BCUT2D eigenvalue weighted by atomic mass is 79.9. The van der Waals surface area contributed by atoms with Gasteiger partial charge in [-0.3, -0.25) is 9.59 Å². The van der Waals surface area contributed by atoms with E-state index in [4.69, 9.17) is 10.5 Å².